The van der Waals surface area contributed by atoms with Gasteiger partial charge in [0.1, 0.15) is 5.82 Å². The van der Waals surface area contributed by atoms with Crippen LogP contribution in [0.15, 0.2) is 18.2 Å². The molecule has 1 N–H and O–H groups in total. The van der Waals surface area contributed by atoms with E-state index in [4.69, 9.17) is 11.6 Å². The van der Waals surface area contributed by atoms with Crippen LogP contribution in [-0.4, -0.2) is 18.7 Å². The highest BCUT2D eigenvalue weighted by molar-refractivity contribution is 6.30. The van der Waals surface area contributed by atoms with Crippen molar-refractivity contribution in [2.45, 2.75) is 6.18 Å². The van der Waals surface area contributed by atoms with Gasteiger partial charge >= 0.3 is 6.18 Å². The summed E-state index contributed by atoms with van der Waals surface area (Å²) in [6.45, 7) is -1.63. The van der Waals surface area contributed by atoms with Gasteiger partial charge in [0, 0.05) is 5.56 Å². The van der Waals surface area contributed by atoms with E-state index >= 15 is 0 Å². The molecule has 8 heteroatoms. The summed E-state index contributed by atoms with van der Waals surface area (Å²) in [5.41, 5.74) is 1.33. The quantitative estimate of drug-likeness (QED) is 0.678. The summed E-state index contributed by atoms with van der Waals surface area (Å²) in [4.78, 5) is 15.1. The lowest BCUT2D eigenvalue weighted by Crippen LogP contribution is -2.29. The van der Waals surface area contributed by atoms with E-state index < -0.39 is 24.5 Å². The first-order chi connectivity index (χ1) is 7.79. The molecule has 17 heavy (non-hydrogen) atoms. The second-order valence-corrected chi connectivity index (χ2v) is 3.37. The molecule has 1 aromatic carbocycles. The predicted octanol–water partition coefficient (Wildman–Crippen LogP) is 2.70. The van der Waals surface area contributed by atoms with Crippen LogP contribution in [0.4, 0.5) is 17.6 Å². The first-order valence-electron chi connectivity index (χ1n) is 4.23. The number of hydrogen-bond donors (Lipinski definition) is 1. The average molecular weight is 272 g/mol. The number of benzene rings is 1. The SMILES string of the molecule is O=C(NOCC(F)(F)F)c1ccc(Cl)c(F)c1. The molecule has 0 saturated heterocycles. The molecular formula is C9H6ClF4NO2. The van der Waals surface area contributed by atoms with Gasteiger partial charge < -0.3 is 0 Å². The van der Waals surface area contributed by atoms with Crippen LogP contribution in [0.5, 0.6) is 0 Å². The van der Waals surface area contributed by atoms with Crippen molar-refractivity contribution in [2.75, 3.05) is 6.61 Å². The highest BCUT2D eigenvalue weighted by atomic mass is 35.5. The minimum Gasteiger partial charge on any atom is -0.267 e. The van der Waals surface area contributed by atoms with E-state index in [1.54, 1.807) is 0 Å². The summed E-state index contributed by atoms with van der Waals surface area (Å²) in [7, 11) is 0. The Morgan fingerprint density at radius 3 is 2.59 bits per heavy atom. The summed E-state index contributed by atoms with van der Waals surface area (Å²) in [6.07, 6.45) is -4.56. The average Bonchev–Trinajstić information content (AvgIpc) is 2.20. The first-order valence-corrected chi connectivity index (χ1v) is 4.61. The number of nitrogens with one attached hydrogen (secondary N) is 1. The monoisotopic (exact) mass is 271 g/mol. The van der Waals surface area contributed by atoms with E-state index in [-0.39, 0.29) is 10.6 Å². The van der Waals surface area contributed by atoms with Crippen LogP contribution < -0.4 is 5.48 Å². The molecule has 3 nitrogen and oxygen atoms in total. The fourth-order valence-corrected chi connectivity index (χ4v) is 0.997. The summed E-state index contributed by atoms with van der Waals surface area (Å²) >= 11 is 5.36. The van der Waals surface area contributed by atoms with Crippen LogP contribution in [0, 0.1) is 5.82 Å². The van der Waals surface area contributed by atoms with Gasteiger partial charge in [0.25, 0.3) is 5.91 Å². The van der Waals surface area contributed by atoms with Gasteiger partial charge in [-0.1, -0.05) is 11.6 Å². The largest absolute Gasteiger partial charge is 0.414 e. The van der Waals surface area contributed by atoms with Crippen LogP contribution in [0.25, 0.3) is 0 Å². The predicted molar refractivity (Wildman–Crippen MR) is 50.9 cm³/mol. The molecule has 1 amide bonds. The standard InChI is InChI=1S/C9H6ClF4NO2/c10-6-2-1-5(3-7(6)11)8(16)15-17-4-9(12,13)14/h1-3H,4H2,(H,15,16). The number of amides is 1. The van der Waals surface area contributed by atoms with Gasteiger partial charge in [0.05, 0.1) is 5.02 Å². The second kappa shape index (κ2) is 5.33. The zero-order chi connectivity index (χ0) is 13.1. The number of carbonyl (C=O) groups excluding carboxylic acids is 1. The molecule has 0 aliphatic heterocycles. The smallest absolute Gasteiger partial charge is 0.267 e. The molecule has 0 aliphatic rings. The van der Waals surface area contributed by atoms with Gasteiger partial charge in [0.2, 0.25) is 0 Å². The third-order valence-corrected chi connectivity index (χ3v) is 1.89. The maximum absolute atomic E-state index is 12.9. The minimum absolute atomic E-state index is 0.197. The molecule has 0 aromatic heterocycles. The number of hydroxylamine groups is 1. The number of alkyl halides is 3. The molecule has 0 heterocycles. The van der Waals surface area contributed by atoms with Crippen molar-refractivity contribution in [3.63, 3.8) is 0 Å². The molecular weight excluding hydrogens is 266 g/mol. The van der Waals surface area contributed by atoms with Gasteiger partial charge in [-0.05, 0) is 18.2 Å². The van der Waals surface area contributed by atoms with Crippen LogP contribution in [0.1, 0.15) is 10.4 Å². The van der Waals surface area contributed by atoms with E-state index in [1.807, 2.05) is 0 Å². The van der Waals surface area contributed by atoms with Gasteiger partial charge in [-0.25, -0.2) is 9.87 Å². The van der Waals surface area contributed by atoms with E-state index in [0.717, 1.165) is 18.2 Å². The van der Waals surface area contributed by atoms with Crippen molar-refractivity contribution < 1.29 is 27.2 Å². The molecule has 0 unspecified atom stereocenters. The lowest BCUT2D eigenvalue weighted by molar-refractivity contribution is -0.184. The maximum atomic E-state index is 12.9. The first kappa shape index (κ1) is 13.7. The number of hydrogen-bond acceptors (Lipinski definition) is 2. The minimum atomic E-state index is -4.56. The van der Waals surface area contributed by atoms with Gasteiger partial charge in [-0.3, -0.25) is 9.63 Å². The molecule has 0 atom stereocenters. The Labute approximate surface area is 98.3 Å². The lowest BCUT2D eigenvalue weighted by atomic mass is 10.2. The topological polar surface area (TPSA) is 38.3 Å². The molecule has 1 aromatic rings. The summed E-state index contributed by atoms with van der Waals surface area (Å²) in [5, 5.41) is -0.197. The van der Waals surface area contributed by atoms with E-state index in [0.29, 0.717) is 0 Å². The van der Waals surface area contributed by atoms with E-state index in [2.05, 4.69) is 4.84 Å². The third-order valence-electron chi connectivity index (χ3n) is 1.58. The molecule has 0 aliphatic carbocycles. The van der Waals surface area contributed by atoms with Crippen molar-refractivity contribution in [3.8, 4) is 0 Å². The zero-order valence-corrected chi connectivity index (χ0v) is 8.90. The van der Waals surface area contributed by atoms with E-state index in [1.165, 1.54) is 5.48 Å². The highest BCUT2D eigenvalue weighted by Crippen LogP contribution is 2.16. The van der Waals surface area contributed by atoms with Crippen molar-refractivity contribution in [1.82, 2.24) is 5.48 Å². The summed E-state index contributed by atoms with van der Waals surface area (Å²) in [6, 6.07) is 3.04. The molecule has 0 fully saturated rings. The Bertz CT molecular complexity index is 422. The van der Waals surface area contributed by atoms with Crippen LogP contribution in [-0.2, 0) is 4.84 Å². The number of carbonyl (C=O) groups is 1. The normalized spacial score (nSPS) is 11.4. The number of rotatable bonds is 3. The molecule has 0 bridgehead atoms. The van der Waals surface area contributed by atoms with Crippen LogP contribution >= 0.6 is 11.6 Å². The Hall–Kier alpha value is -1.34. The fraction of sp³-hybridized carbons (Fsp3) is 0.222. The van der Waals surface area contributed by atoms with E-state index in [9.17, 15) is 22.4 Å². The van der Waals surface area contributed by atoms with Gasteiger partial charge in [-0.15, -0.1) is 0 Å². The molecule has 0 radical (unpaired) electrons. The Balaban J connectivity index is 2.56. The Morgan fingerprint density at radius 1 is 1.41 bits per heavy atom. The highest BCUT2D eigenvalue weighted by Gasteiger charge is 2.28. The summed E-state index contributed by atoms with van der Waals surface area (Å²) < 4.78 is 47.9. The van der Waals surface area contributed by atoms with Crippen molar-refractivity contribution in [3.05, 3.63) is 34.6 Å². The molecule has 94 valence electrons. The summed E-state index contributed by atoms with van der Waals surface area (Å²) in [5.74, 6) is -1.85. The fourth-order valence-electron chi connectivity index (χ4n) is 0.880. The van der Waals surface area contributed by atoms with Gasteiger partial charge in [0.15, 0.2) is 6.61 Å². The Kier molecular flexibility index (Phi) is 4.30. The Morgan fingerprint density at radius 2 is 2.06 bits per heavy atom. The zero-order valence-electron chi connectivity index (χ0n) is 8.15. The molecule has 1 rings (SSSR count). The third kappa shape index (κ3) is 4.58. The lowest BCUT2D eigenvalue weighted by Gasteiger charge is -2.08. The van der Waals surface area contributed by atoms with Crippen molar-refractivity contribution in [1.29, 1.82) is 0 Å². The van der Waals surface area contributed by atoms with Crippen LogP contribution in [0.2, 0.25) is 5.02 Å². The van der Waals surface area contributed by atoms with Gasteiger partial charge in [-0.2, -0.15) is 13.2 Å². The van der Waals surface area contributed by atoms with Crippen molar-refractivity contribution >= 4 is 17.5 Å². The molecule has 0 saturated carbocycles. The molecule has 0 spiro atoms. The number of halogens is 5. The van der Waals surface area contributed by atoms with Crippen LogP contribution in [0.3, 0.4) is 0 Å². The maximum Gasteiger partial charge on any atom is 0.414 e. The van der Waals surface area contributed by atoms with Crippen molar-refractivity contribution in [2.24, 2.45) is 0 Å². The second-order valence-electron chi connectivity index (χ2n) is 2.96.